The van der Waals surface area contributed by atoms with Crippen molar-refractivity contribution in [3.05, 3.63) is 65.7 Å². The summed E-state index contributed by atoms with van der Waals surface area (Å²) in [5.41, 5.74) is 10.7. The number of urea groups is 1. The summed E-state index contributed by atoms with van der Waals surface area (Å²) < 4.78 is 0. The van der Waals surface area contributed by atoms with Crippen LogP contribution in [0.2, 0.25) is 0 Å². The number of hydrazone groups is 1. The minimum absolute atomic E-state index is 0.664. The second kappa shape index (κ2) is 8.30. The summed E-state index contributed by atoms with van der Waals surface area (Å²) in [7, 11) is 0. The van der Waals surface area contributed by atoms with Crippen LogP contribution in [0.15, 0.2) is 59.7 Å². The van der Waals surface area contributed by atoms with E-state index in [9.17, 15) is 4.79 Å². The van der Waals surface area contributed by atoms with Crippen LogP contribution in [0, 0.1) is 0 Å². The summed E-state index contributed by atoms with van der Waals surface area (Å²) >= 11 is 0. The topological polar surface area (TPSA) is 74.0 Å². The largest absolute Gasteiger partial charge is 0.368 e. The zero-order valence-corrected chi connectivity index (χ0v) is 14.1. The van der Waals surface area contributed by atoms with Gasteiger partial charge in [-0.2, -0.15) is 5.10 Å². The minimum atomic E-state index is -0.664. The predicted molar refractivity (Wildman–Crippen MR) is 101 cm³/mol. The number of benzene rings is 2. The number of carbonyl (C=O) groups excluding carboxylic acids is 1. The van der Waals surface area contributed by atoms with Gasteiger partial charge in [-0.1, -0.05) is 48.5 Å². The number of rotatable bonds is 5. The molecule has 3 rings (SSSR count). The lowest BCUT2D eigenvalue weighted by atomic mass is 10.1. The average Bonchev–Trinajstić information content (AvgIpc) is 2.63. The van der Waals surface area contributed by atoms with Crippen LogP contribution in [0.4, 0.5) is 10.5 Å². The van der Waals surface area contributed by atoms with Crippen molar-refractivity contribution in [3.63, 3.8) is 0 Å². The summed E-state index contributed by atoms with van der Waals surface area (Å²) in [5.74, 6) is 0. The molecule has 2 amide bonds. The molecule has 0 atom stereocenters. The predicted octanol–water partition coefficient (Wildman–Crippen LogP) is 2.01. The third kappa shape index (κ3) is 4.81. The summed E-state index contributed by atoms with van der Waals surface area (Å²) in [5, 5.41) is 3.88. The van der Waals surface area contributed by atoms with E-state index >= 15 is 0 Å². The molecular weight excluding hydrogens is 314 g/mol. The number of nitrogens with zero attached hydrogens (tertiary/aromatic N) is 3. The zero-order valence-electron chi connectivity index (χ0n) is 14.1. The first-order valence-corrected chi connectivity index (χ1v) is 8.41. The second-order valence-electron chi connectivity index (χ2n) is 6.04. The molecule has 0 bridgehead atoms. The molecule has 0 spiro atoms. The Hall–Kier alpha value is -2.86. The molecule has 25 heavy (non-hydrogen) atoms. The summed E-state index contributed by atoms with van der Waals surface area (Å²) in [6.45, 7) is 4.93. The molecule has 0 saturated carbocycles. The summed E-state index contributed by atoms with van der Waals surface area (Å²) in [6.07, 6.45) is 1.64. The van der Waals surface area contributed by atoms with Gasteiger partial charge in [-0.25, -0.2) is 10.2 Å². The number of hydrogen-bond acceptors (Lipinski definition) is 4. The fraction of sp³-hybridized carbons (Fsp3) is 0.263. The van der Waals surface area contributed by atoms with E-state index in [2.05, 4.69) is 50.7 Å². The van der Waals surface area contributed by atoms with Crippen LogP contribution in [0.3, 0.4) is 0 Å². The molecule has 130 valence electrons. The molecule has 1 fully saturated rings. The Kier molecular flexibility index (Phi) is 5.64. The molecule has 0 unspecified atom stereocenters. The highest BCUT2D eigenvalue weighted by molar-refractivity contribution is 5.88. The highest BCUT2D eigenvalue weighted by atomic mass is 16.2. The molecule has 3 N–H and O–H groups in total. The number of nitrogens with one attached hydrogen (secondary N) is 1. The van der Waals surface area contributed by atoms with Gasteiger partial charge in [0.2, 0.25) is 0 Å². The number of amides is 2. The molecule has 1 aliphatic rings. The van der Waals surface area contributed by atoms with Gasteiger partial charge >= 0.3 is 6.03 Å². The van der Waals surface area contributed by atoms with Crippen molar-refractivity contribution in [3.8, 4) is 0 Å². The van der Waals surface area contributed by atoms with Crippen molar-refractivity contribution in [1.29, 1.82) is 0 Å². The third-order valence-corrected chi connectivity index (χ3v) is 4.28. The van der Waals surface area contributed by atoms with Crippen LogP contribution < -0.4 is 16.1 Å². The van der Waals surface area contributed by atoms with Gasteiger partial charge in [-0.3, -0.25) is 4.90 Å². The maximum Gasteiger partial charge on any atom is 0.332 e. The zero-order chi connectivity index (χ0) is 17.5. The number of hydrogen-bond donors (Lipinski definition) is 2. The lowest BCUT2D eigenvalue weighted by Crippen LogP contribution is -2.46. The van der Waals surface area contributed by atoms with Crippen molar-refractivity contribution in [2.45, 2.75) is 6.54 Å². The average molecular weight is 337 g/mol. The molecule has 0 radical (unpaired) electrons. The molecule has 2 aromatic carbocycles. The van der Waals surface area contributed by atoms with E-state index in [4.69, 9.17) is 5.73 Å². The summed E-state index contributed by atoms with van der Waals surface area (Å²) in [4.78, 5) is 15.6. The van der Waals surface area contributed by atoms with Crippen molar-refractivity contribution >= 4 is 17.9 Å². The maximum atomic E-state index is 10.7. The van der Waals surface area contributed by atoms with Gasteiger partial charge < -0.3 is 10.6 Å². The monoisotopic (exact) mass is 337 g/mol. The molecule has 1 heterocycles. The van der Waals surface area contributed by atoms with E-state index in [-0.39, 0.29) is 0 Å². The molecule has 1 saturated heterocycles. The van der Waals surface area contributed by atoms with Crippen molar-refractivity contribution in [2.75, 3.05) is 31.1 Å². The van der Waals surface area contributed by atoms with Crippen molar-refractivity contribution in [2.24, 2.45) is 10.8 Å². The number of carbonyl (C=O) groups is 1. The first-order chi connectivity index (χ1) is 12.2. The number of anilines is 1. The number of primary amides is 1. The molecule has 0 aliphatic carbocycles. The van der Waals surface area contributed by atoms with E-state index in [1.54, 1.807) is 6.21 Å². The molecule has 6 heteroatoms. The maximum absolute atomic E-state index is 10.7. The lowest BCUT2D eigenvalue weighted by Gasteiger charge is -2.36. The standard InChI is InChI=1S/C19H23N5O/c20-19(25)22-21-14-17-8-4-5-9-18(17)24-12-10-23(11-13-24)15-16-6-2-1-3-7-16/h1-9,14H,10-13,15H2,(H3,20,22,25). The third-order valence-electron chi connectivity index (χ3n) is 4.28. The van der Waals surface area contributed by atoms with E-state index < -0.39 is 6.03 Å². The normalized spacial score (nSPS) is 15.4. The Labute approximate surface area is 147 Å². The Morgan fingerprint density at radius 2 is 1.72 bits per heavy atom. The molecule has 0 aromatic heterocycles. The Balaban J connectivity index is 1.61. The van der Waals surface area contributed by atoms with Crippen LogP contribution >= 0.6 is 0 Å². The Morgan fingerprint density at radius 3 is 2.44 bits per heavy atom. The lowest BCUT2D eigenvalue weighted by molar-refractivity contribution is 0.249. The molecule has 2 aromatic rings. The van der Waals surface area contributed by atoms with E-state index in [0.717, 1.165) is 44.0 Å². The number of para-hydroxylation sites is 1. The fourth-order valence-corrected chi connectivity index (χ4v) is 3.04. The van der Waals surface area contributed by atoms with Gasteiger partial charge in [0.1, 0.15) is 0 Å². The van der Waals surface area contributed by atoms with Crippen LogP contribution in [-0.2, 0) is 6.54 Å². The van der Waals surface area contributed by atoms with Gasteiger partial charge in [0.25, 0.3) is 0 Å². The van der Waals surface area contributed by atoms with E-state index in [0.29, 0.717) is 0 Å². The van der Waals surface area contributed by atoms with Crippen LogP contribution in [0.25, 0.3) is 0 Å². The first kappa shape index (κ1) is 17.0. The highest BCUT2D eigenvalue weighted by Gasteiger charge is 2.18. The second-order valence-corrected chi connectivity index (χ2v) is 6.04. The van der Waals surface area contributed by atoms with Gasteiger partial charge in [-0.05, 0) is 11.6 Å². The van der Waals surface area contributed by atoms with Gasteiger partial charge in [0.05, 0.1) is 6.21 Å². The highest BCUT2D eigenvalue weighted by Crippen LogP contribution is 2.21. The van der Waals surface area contributed by atoms with Gasteiger partial charge in [0.15, 0.2) is 0 Å². The molecule has 1 aliphatic heterocycles. The fourth-order valence-electron chi connectivity index (χ4n) is 3.04. The number of nitrogens with two attached hydrogens (primary N) is 1. The van der Waals surface area contributed by atoms with Gasteiger partial charge in [-0.15, -0.1) is 0 Å². The minimum Gasteiger partial charge on any atom is -0.368 e. The van der Waals surface area contributed by atoms with Crippen LogP contribution in [-0.4, -0.2) is 43.3 Å². The van der Waals surface area contributed by atoms with Crippen molar-refractivity contribution in [1.82, 2.24) is 10.3 Å². The molecular formula is C19H23N5O. The quantitative estimate of drug-likeness (QED) is 0.647. The van der Waals surface area contributed by atoms with E-state index in [1.807, 2.05) is 24.3 Å². The molecule has 6 nitrogen and oxygen atoms in total. The number of piperazine rings is 1. The van der Waals surface area contributed by atoms with Crippen LogP contribution in [0.1, 0.15) is 11.1 Å². The first-order valence-electron chi connectivity index (χ1n) is 8.41. The van der Waals surface area contributed by atoms with Crippen LogP contribution in [0.5, 0.6) is 0 Å². The SMILES string of the molecule is NC(=O)NN=Cc1ccccc1N1CCN(Cc2ccccc2)CC1. The van der Waals surface area contributed by atoms with Crippen molar-refractivity contribution < 1.29 is 4.79 Å². The summed E-state index contributed by atoms with van der Waals surface area (Å²) in [6, 6.07) is 17.9. The Bertz CT molecular complexity index is 724. The smallest absolute Gasteiger partial charge is 0.332 e. The van der Waals surface area contributed by atoms with E-state index in [1.165, 1.54) is 5.56 Å². The Morgan fingerprint density at radius 1 is 1.04 bits per heavy atom. The van der Waals surface area contributed by atoms with Gasteiger partial charge in [0, 0.05) is 44.0 Å².